The number of aromatic nitrogens is 2. The van der Waals surface area contributed by atoms with Gasteiger partial charge in [-0.15, -0.1) is 0 Å². The molecule has 2 aromatic heterocycles. The number of fused-ring (bicyclic) bond motifs is 4. The van der Waals surface area contributed by atoms with Crippen LogP contribution in [0.1, 0.15) is 67.3 Å². The first-order chi connectivity index (χ1) is 26.3. The Morgan fingerprint density at radius 1 is 0.556 bits per heavy atom. The van der Waals surface area contributed by atoms with E-state index >= 15 is 0 Å². The monoisotopic (exact) mass is 702 g/mol. The number of para-hydroxylation sites is 4. The lowest BCUT2D eigenvalue weighted by Crippen LogP contribution is -2.24. The standard InChI is InChI=1S/C50H46N4/c1-33(2)41-17-13-18-42(34(3)4)50(41)38-28-37(29-40(31-38)53-32-52(39-14-7-6-8-15-39)46-20-11-12-21-47(46)53)27-36-22-23-44-43-16-9-10-19-45(43)54(48(44)30-36)49-26-35(5)24-25-51-49/h6-26,28-31,33-34H,27,32H2,1-5H3. The molecule has 0 N–H and O–H groups in total. The molecular weight excluding hydrogens is 657 g/mol. The molecule has 0 saturated carbocycles. The highest BCUT2D eigenvalue weighted by atomic mass is 15.4. The van der Waals surface area contributed by atoms with Crippen LogP contribution in [0.4, 0.5) is 22.7 Å². The van der Waals surface area contributed by atoms with Gasteiger partial charge in [0.05, 0.1) is 22.4 Å². The molecule has 0 saturated heterocycles. The van der Waals surface area contributed by atoms with E-state index in [0.29, 0.717) is 11.8 Å². The van der Waals surface area contributed by atoms with Crippen molar-refractivity contribution < 1.29 is 0 Å². The van der Waals surface area contributed by atoms with E-state index in [2.05, 4.69) is 195 Å². The number of pyridine rings is 1. The van der Waals surface area contributed by atoms with Crippen LogP contribution in [0.15, 0.2) is 152 Å². The molecule has 3 heterocycles. The normalized spacial score (nSPS) is 12.8. The third-order valence-electron chi connectivity index (χ3n) is 11.0. The summed E-state index contributed by atoms with van der Waals surface area (Å²) in [5.41, 5.74) is 16.4. The third-order valence-corrected chi connectivity index (χ3v) is 11.0. The molecule has 1 aliphatic heterocycles. The summed E-state index contributed by atoms with van der Waals surface area (Å²) in [4.78, 5) is 9.76. The van der Waals surface area contributed by atoms with Gasteiger partial charge in [0.1, 0.15) is 12.5 Å². The van der Waals surface area contributed by atoms with Gasteiger partial charge in [-0.25, -0.2) is 4.98 Å². The van der Waals surface area contributed by atoms with Gasteiger partial charge < -0.3 is 9.80 Å². The van der Waals surface area contributed by atoms with Crippen molar-refractivity contribution in [3.63, 3.8) is 0 Å². The van der Waals surface area contributed by atoms with Crippen LogP contribution in [-0.2, 0) is 6.42 Å². The largest absolute Gasteiger partial charge is 0.321 e. The minimum absolute atomic E-state index is 0.395. The molecular formula is C50H46N4. The molecule has 0 fully saturated rings. The van der Waals surface area contributed by atoms with Crippen molar-refractivity contribution in [1.82, 2.24) is 9.55 Å². The number of hydrogen-bond donors (Lipinski definition) is 0. The van der Waals surface area contributed by atoms with Crippen LogP contribution in [0.25, 0.3) is 38.8 Å². The summed E-state index contributed by atoms with van der Waals surface area (Å²) in [6.07, 6.45) is 2.72. The van der Waals surface area contributed by atoms with Crippen molar-refractivity contribution in [3.8, 4) is 16.9 Å². The zero-order valence-corrected chi connectivity index (χ0v) is 31.8. The van der Waals surface area contributed by atoms with Crippen molar-refractivity contribution in [1.29, 1.82) is 0 Å². The van der Waals surface area contributed by atoms with E-state index in [-0.39, 0.29) is 0 Å². The van der Waals surface area contributed by atoms with Crippen molar-refractivity contribution in [3.05, 3.63) is 180 Å². The van der Waals surface area contributed by atoms with Gasteiger partial charge in [0.15, 0.2) is 0 Å². The quantitative estimate of drug-likeness (QED) is 0.158. The molecule has 266 valence electrons. The zero-order chi connectivity index (χ0) is 36.9. The minimum Gasteiger partial charge on any atom is -0.321 e. The lowest BCUT2D eigenvalue weighted by Gasteiger charge is -2.25. The topological polar surface area (TPSA) is 24.3 Å². The predicted octanol–water partition coefficient (Wildman–Crippen LogP) is 13.2. The highest BCUT2D eigenvalue weighted by Crippen LogP contribution is 2.46. The van der Waals surface area contributed by atoms with E-state index in [1.807, 2.05) is 6.20 Å². The molecule has 0 spiro atoms. The molecule has 1 aliphatic rings. The smallest absolute Gasteiger partial charge is 0.137 e. The van der Waals surface area contributed by atoms with Gasteiger partial charge in [0.25, 0.3) is 0 Å². The van der Waals surface area contributed by atoms with E-state index in [1.54, 1.807) is 0 Å². The highest BCUT2D eigenvalue weighted by molar-refractivity contribution is 6.09. The van der Waals surface area contributed by atoms with Gasteiger partial charge in [-0.05, 0) is 125 Å². The fourth-order valence-electron chi connectivity index (χ4n) is 8.48. The molecule has 0 amide bonds. The summed E-state index contributed by atoms with van der Waals surface area (Å²) in [5, 5.41) is 2.49. The predicted molar refractivity (Wildman–Crippen MR) is 228 cm³/mol. The molecule has 4 nitrogen and oxygen atoms in total. The number of aryl methyl sites for hydroxylation is 1. The summed E-state index contributed by atoms with van der Waals surface area (Å²) in [6.45, 7) is 12.2. The van der Waals surface area contributed by atoms with Crippen molar-refractivity contribution >= 4 is 44.6 Å². The maximum Gasteiger partial charge on any atom is 0.137 e. The molecule has 6 aromatic carbocycles. The van der Waals surface area contributed by atoms with Crippen LogP contribution in [0.5, 0.6) is 0 Å². The number of hydrogen-bond acceptors (Lipinski definition) is 3. The Hall–Kier alpha value is -6.13. The van der Waals surface area contributed by atoms with E-state index < -0.39 is 0 Å². The Morgan fingerprint density at radius 2 is 1.22 bits per heavy atom. The van der Waals surface area contributed by atoms with Gasteiger partial charge in [-0.2, -0.15) is 0 Å². The van der Waals surface area contributed by atoms with Gasteiger partial charge >= 0.3 is 0 Å². The second-order valence-corrected chi connectivity index (χ2v) is 15.4. The fraction of sp³-hybridized carbons (Fsp3) is 0.180. The molecule has 0 aliphatic carbocycles. The number of nitrogens with zero attached hydrogens (tertiary/aromatic N) is 4. The lowest BCUT2D eigenvalue weighted by molar-refractivity contribution is 0.838. The zero-order valence-electron chi connectivity index (χ0n) is 31.8. The average molecular weight is 703 g/mol. The van der Waals surface area contributed by atoms with Crippen LogP contribution in [0, 0.1) is 6.92 Å². The first-order valence-electron chi connectivity index (χ1n) is 19.3. The molecule has 4 heteroatoms. The second kappa shape index (κ2) is 13.7. The Bertz CT molecular complexity index is 2620. The maximum atomic E-state index is 4.84. The summed E-state index contributed by atoms with van der Waals surface area (Å²) in [5.74, 6) is 1.74. The van der Waals surface area contributed by atoms with Crippen LogP contribution in [0.2, 0.25) is 0 Å². The molecule has 8 aromatic rings. The van der Waals surface area contributed by atoms with Gasteiger partial charge in [-0.3, -0.25) is 4.57 Å². The summed E-state index contributed by atoms with van der Waals surface area (Å²) in [7, 11) is 0. The Kier molecular flexibility index (Phi) is 8.54. The molecule has 9 rings (SSSR count). The van der Waals surface area contributed by atoms with Crippen LogP contribution >= 0.6 is 0 Å². The fourth-order valence-corrected chi connectivity index (χ4v) is 8.48. The van der Waals surface area contributed by atoms with Gasteiger partial charge in [0, 0.05) is 28.3 Å². The van der Waals surface area contributed by atoms with Crippen molar-refractivity contribution in [2.45, 2.75) is 52.9 Å². The molecule has 0 unspecified atom stereocenters. The number of benzene rings is 6. The van der Waals surface area contributed by atoms with Crippen LogP contribution in [0.3, 0.4) is 0 Å². The van der Waals surface area contributed by atoms with E-state index in [9.17, 15) is 0 Å². The van der Waals surface area contributed by atoms with Crippen LogP contribution < -0.4 is 9.80 Å². The van der Waals surface area contributed by atoms with E-state index in [0.717, 1.165) is 18.9 Å². The van der Waals surface area contributed by atoms with E-state index in [1.165, 1.54) is 83.5 Å². The summed E-state index contributed by atoms with van der Waals surface area (Å²) >= 11 is 0. The van der Waals surface area contributed by atoms with Crippen LogP contribution in [-0.4, -0.2) is 16.2 Å². The second-order valence-electron chi connectivity index (χ2n) is 15.4. The third kappa shape index (κ3) is 5.92. The lowest BCUT2D eigenvalue weighted by atomic mass is 9.84. The van der Waals surface area contributed by atoms with Gasteiger partial charge in [-0.1, -0.05) is 113 Å². The molecule has 0 atom stereocenters. The Labute approximate surface area is 319 Å². The SMILES string of the molecule is Cc1ccnc(-n2c3ccccc3c3ccc(Cc4cc(-c5c(C(C)C)cccc5C(C)C)cc(N5CN(c6ccccc6)c6ccccc65)c4)cc32)c1. The van der Waals surface area contributed by atoms with Gasteiger partial charge in [0.2, 0.25) is 0 Å². The first kappa shape index (κ1) is 33.7. The maximum absolute atomic E-state index is 4.84. The molecule has 54 heavy (non-hydrogen) atoms. The number of rotatable bonds is 8. The Morgan fingerprint density at radius 3 is 1.94 bits per heavy atom. The molecule has 0 bridgehead atoms. The summed E-state index contributed by atoms with van der Waals surface area (Å²) in [6, 6.07) is 53.7. The number of anilines is 4. The van der Waals surface area contributed by atoms with Crippen molar-refractivity contribution in [2.24, 2.45) is 0 Å². The highest BCUT2D eigenvalue weighted by Gasteiger charge is 2.29. The molecule has 0 radical (unpaired) electrons. The average Bonchev–Trinajstić information content (AvgIpc) is 3.74. The summed E-state index contributed by atoms with van der Waals surface area (Å²) < 4.78 is 2.33. The first-order valence-corrected chi connectivity index (χ1v) is 19.3. The van der Waals surface area contributed by atoms with Crippen molar-refractivity contribution in [2.75, 3.05) is 16.5 Å². The Balaban J connectivity index is 1.22. The van der Waals surface area contributed by atoms with E-state index in [4.69, 9.17) is 4.98 Å². The minimum atomic E-state index is 0.395.